The summed E-state index contributed by atoms with van der Waals surface area (Å²) >= 11 is 15.3. The van der Waals surface area contributed by atoms with Crippen molar-refractivity contribution in [3.8, 4) is 0 Å². The molecule has 5 heteroatoms. The van der Waals surface area contributed by atoms with Gasteiger partial charge in [-0.15, -0.1) is 0 Å². The highest BCUT2D eigenvalue weighted by atomic mass is 79.9. The molecule has 0 saturated carbocycles. The molecule has 0 saturated heterocycles. The van der Waals surface area contributed by atoms with Crippen LogP contribution in [0.1, 0.15) is 24.1 Å². The third-order valence-electron chi connectivity index (χ3n) is 3.06. The van der Waals surface area contributed by atoms with Gasteiger partial charge in [-0.1, -0.05) is 57.3 Å². The molecule has 1 atom stereocenters. The Hall–Kier alpha value is -0.610. The van der Waals surface area contributed by atoms with Crippen molar-refractivity contribution >= 4 is 39.1 Å². The molecule has 0 aliphatic carbocycles. The lowest BCUT2D eigenvalue weighted by atomic mass is 10.1. The van der Waals surface area contributed by atoms with Gasteiger partial charge in [-0.2, -0.15) is 0 Å². The lowest BCUT2D eigenvalue weighted by Crippen LogP contribution is -2.18. The summed E-state index contributed by atoms with van der Waals surface area (Å²) < 4.78 is 14.6. The largest absolute Gasteiger partial charge is 0.306 e. The second-order valence-electron chi connectivity index (χ2n) is 4.48. The zero-order chi connectivity index (χ0) is 14.7. The smallest absolute Gasteiger partial charge is 0.142 e. The van der Waals surface area contributed by atoms with Crippen LogP contribution in [0.5, 0.6) is 0 Å². The third kappa shape index (κ3) is 3.73. The Morgan fingerprint density at radius 2 is 1.90 bits per heavy atom. The fraction of sp³-hybridized carbons (Fsp3) is 0.200. The summed E-state index contributed by atoms with van der Waals surface area (Å²) in [5, 5.41) is 3.82. The average molecular weight is 377 g/mol. The molecule has 0 fully saturated rings. The molecule has 0 bridgehead atoms. The topological polar surface area (TPSA) is 12.0 Å². The molecule has 0 radical (unpaired) electrons. The van der Waals surface area contributed by atoms with Crippen molar-refractivity contribution in [2.75, 3.05) is 0 Å². The second-order valence-corrected chi connectivity index (χ2v) is 6.15. The zero-order valence-electron chi connectivity index (χ0n) is 10.8. The fourth-order valence-electron chi connectivity index (χ4n) is 1.88. The summed E-state index contributed by atoms with van der Waals surface area (Å²) in [5.41, 5.74) is 1.82. The molecule has 0 spiro atoms. The molecule has 0 aliphatic rings. The number of benzene rings is 2. The maximum atomic E-state index is 13.5. The Kier molecular flexibility index (Phi) is 5.44. The van der Waals surface area contributed by atoms with Crippen LogP contribution in [0.3, 0.4) is 0 Å². The summed E-state index contributed by atoms with van der Waals surface area (Å²) in [6.45, 7) is 2.59. The number of halogens is 4. The van der Waals surface area contributed by atoms with Gasteiger partial charge < -0.3 is 5.32 Å². The molecule has 0 heterocycles. The highest BCUT2D eigenvalue weighted by Crippen LogP contribution is 2.29. The monoisotopic (exact) mass is 375 g/mol. The standard InChI is InChI=1S/C15H13BrCl2FN/c1-9(11-6-15(19)14(18)7-13(11)17)20-8-10-4-2-3-5-12(10)16/h2-7,9,20H,8H2,1H3. The van der Waals surface area contributed by atoms with E-state index in [1.807, 2.05) is 31.2 Å². The molecule has 2 rings (SSSR count). The first-order chi connectivity index (χ1) is 9.49. The van der Waals surface area contributed by atoms with E-state index in [9.17, 15) is 4.39 Å². The van der Waals surface area contributed by atoms with E-state index in [1.165, 1.54) is 12.1 Å². The highest BCUT2D eigenvalue weighted by molar-refractivity contribution is 9.10. The van der Waals surface area contributed by atoms with Crippen LogP contribution in [0.15, 0.2) is 40.9 Å². The highest BCUT2D eigenvalue weighted by Gasteiger charge is 2.13. The minimum absolute atomic E-state index is 0.0387. The lowest BCUT2D eigenvalue weighted by molar-refractivity contribution is 0.564. The Labute approximate surface area is 136 Å². The van der Waals surface area contributed by atoms with Crippen LogP contribution in [-0.4, -0.2) is 0 Å². The van der Waals surface area contributed by atoms with Gasteiger partial charge in [0, 0.05) is 22.1 Å². The van der Waals surface area contributed by atoms with E-state index in [1.54, 1.807) is 0 Å². The van der Waals surface area contributed by atoms with E-state index in [4.69, 9.17) is 23.2 Å². The van der Waals surface area contributed by atoms with Crippen molar-refractivity contribution < 1.29 is 4.39 Å². The van der Waals surface area contributed by atoms with Crippen molar-refractivity contribution in [2.24, 2.45) is 0 Å². The minimum Gasteiger partial charge on any atom is -0.306 e. The van der Waals surface area contributed by atoms with Gasteiger partial charge in [-0.25, -0.2) is 4.39 Å². The van der Waals surface area contributed by atoms with Gasteiger partial charge in [-0.05, 0) is 36.2 Å². The van der Waals surface area contributed by atoms with Crippen LogP contribution in [0, 0.1) is 5.82 Å². The Balaban J connectivity index is 2.11. The fourth-order valence-corrected chi connectivity index (χ4v) is 2.86. The molecule has 2 aromatic carbocycles. The van der Waals surface area contributed by atoms with Crippen molar-refractivity contribution in [3.05, 3.63) is 67.9 Å². The molecule has 106 valence electrons. The number of hydrogen-bond donors (Lipinski definition) is 1. The van der Waals surface area contributed by atoms with E-state index in [0.717, 1.165) is 10.0 Å². The van der Waals surface area contributed by atoms with Crippen molar-refractivity contribution in [1.29, 1.82) is 0 Å². The van der Waals surface area contributed by atoms with Crippen LogP contribution >= 0.6 is 39.1 Å². The van der Waals surface area contributed by atoms with Crippen LogP contribution in [0.2, 0.25) is 10.0 Å². The number of hydrogen-bond acceptors (Lipinski definition) is 1. The van der Waals surface area contributed by atoms with E-state index in [2.05, 4.69) is 21.2 Å². The molecule has 0 aromatic heterocycles. The Morgan fingerprint density at radius 3 is 2.60 bits per heavy atom. The van der Waals surface area contributed by atoms with E-state index in [0.29, 0.717) is 17.1 Å². The predicted molar refractivity (Wildman–Crippen MR) is 85.8 cm³/mol. The molecule has 1 unspecified atom stereocenters. The zero-order valence-corrected chi connectivity index (χ0v) is 13.9. The number of rotatable bonds is 4. The molecular formula is C15H13BrCl2FN. The minimum atomic E-state index is -0.458. The van der Waals surface area contributed by atoms with Gasteiger partial charge in [0.2, 0.25) is 0 Å². The van der Waals surface area contributed by atoms with Crippen LogP contribution in [0.4, 0.5) is 4.39 Å². The summed E-state index contributed by atoms with van der Waals surface area (Å²) in [6, 6.07) is 10.7. The van der Waals surface area contributed by atoms with Crippen LogP contribution in [-0.2, 0) is 6.54 Å². The molecule has 1 nitrogen and oxygen atoms in total. The number of nitrogens with one attached hydrogen (secondary N) is 1. The van der Waals surface area contributed by atoms with E-state index >= 15 is 0 Å². The molecule has 2 aromatic rings. The first-order valence-electron chi connectivity index (χ1n) is 6.10. The van der Waals surface area contributed by atoms with Crippen LogP contribution < -0.4 is 5.32 Å². The van der Waals surface area contributed by atoms with Crippen LogP contribution in [0.25, 0.3) is 0 Å². The lowest BCUT2D eigenvalue weighted by Gasteiger charge is -2.17. The van der Waals surface area contributed by atoms with Gasteiger partial charge >= 0.3 is 0 Å². The van der Waals surface area contributed by atoms with Crippen molar-refractivity contribution in [3.63, 3.8) is 0 Å². The van der Waals surface area contributed by atoms with Gasteiger partial charge in [-0.3, -0.25) is 0 Å². The summed E-state index contributed by atoms with van der Waals surface area (Å²) in [7, 11) is 0. The van der Waals surface area contributed by atoms with Gasteiger partial charge in [0.1, 0.15) is 5.82 Å². The maximum absolute atomic E-state index is 13.5. The summed E-state index contributed by atoms with van der Waals surface area (Å²) in [4.78, 5) is 0. The second kappa shape index (κ2) is 6.90. The first-order valence-corrected chi connectivity index (χ1v) is 7.65. The molecule has 20 heavy (non-hydrogen) atoms. The first kappa shape index (κ1) is 15.8. The summed E-state index contributed by atoms with van der Waals surface area (Å²) in [6.07, 6.45) is 0. The average Bonchev–Trinajstić information content (AvgIpc) is 2.41. The van der Waals surface area contributed by atoms with E-state index < -0.39 is 5.82 Å². The predicted octanol–water partition coefficient (Wildman–Crippen LogP) is 5.75. The SMILES string of the molecule is CC(NCc1ccccc1Br)c1cc(F)c(Cl)cc1Cl. The van der Waals surface area contributed by atoms with Crippen molar-refractivity contribution in [2.45, 2.75) is 19.5 Å². The molecule has 0 aliphatic heterocycles. The van der Waals surface area contributed by atoms with Gasteiger partial charge in [0.05, 0.1) is 5.02 Å². The van der Waals surface area contributed by atoms with Crippen molar-refractivity contribution in [1.82, 2.24) is 5.32 Å². The quantitative estimate of drug-likeness (QED) is 0.670. The van der Waals surface area contributed by atoms with Gasteiger partial charge in [0.25, 0.3) is 0 Å². The third-order valence-corrected chi connectivity index (χ3v) is 4.45. The maximum Gasteiger partial charge on any atom is 0.142 e. The molecular weight excluding hydrogens is 364 g/mol. The normalized spacial score (nSPS) is 12.4. The molecule has 0 amide bonds. The summed E-state index contributed by atoms with van der Waals surface area (Å²) in [5.74, 6) is -0.458. The Morgan fingerprint density at radius 1 is 1.20 bits per heavy atom. The van der Waals surface area contributed by atoms with Gasteiger partial charge in [0.15, 0.2) is 0 Å². The van der Waals surface area contributed by atoms with E-state index in [-0.39, 0.29) is 11.1 Å². The molecule has 1 N–H and O–H groups in total. The Bertz CT molecular complexity index is 619.